The summed E-state index contributed by atoms with van der Waals surface area (Å²) in [5.74, 6) is -0.934. The highest BCUT2D eigenvalue weighted by molar-refractivity contribution is 7.88. The predicted octanol–water partition coefficient (Wildman–Crippen LogP) is 0.717. The van der Waals surface area contributed by atoms with Crippen LogP contribution in [-0.4, -0.2) is 94.5 Å². The van der Waals surface area contributed by atoms with Crippen molar-refractivity contribution in [2.75, 3.05) is 37.8 Å². The Balaban J connectivity index is 1.62. The monoisotopic (exact) mass is 692 g/mol. The summed E-state index contributed by atoms with van der Waals surface area (Å²) in [6.07, 6.45) is -2.09. The number of aliphatic hydroxyl groups is 2. The van der Waals surface area contributed by atoms with Crippen molar-refractivity contribution in [1.29, 1.82) is 0 Å². The number of benzene rings is 1. The fraction of sp³-hybridized carbons (Fsp3) is 0.500. The normalized spacial score (nSPS) is 23.5. The van der Waals surface area contributed by atoms with Crippen LogP contribution in [0.3, 0.4) is 0 Å². The summed E-state index contributed by atoms with van der Waals surface area (Å²) < 4.78 is 60.8. The van der Waals surface area contributed by atoms with Gasteiger partial charge in [-0.25, -0.2) is 18.0 Å². The van der Waals surface area contributed by atoms with E-state index in [-0.39, 0.29) is 28.7 Å². The van der Waals surface area contributed by atoms with Gasteiger partial charge in [0.15, 0.2) is 23.2 Å². The van der Waals surface area contributed by atoms with Gasteiger partial charge in [0, 0.05) is 12.1 Å². The maximum Gasteiger partial charge on any atom is 0.459 e. The van der Waals surface area contributed by atoms with E-state index >= 15 is 0 Å². The zero-order valence-corrected chi connectivity index (χ0v) is 27.5. The van der Waals surface area contributed by atoms with Crippen LogP contribution in [0, 0.1) is 0 Å². The molecule has 1 aliphatic heterocycles. The third kappa shape index (κ3) is 7.65. The molecule has 1 aliphatic rings. The number of aromatic nitrogens is 4. The number of carbonyl (C=O) groups is 1. The topological polar surface area (TPSA) is 243 Å². The molecule has 1 unspecified atom stereocenters. The zero-order valence-electron chi connectivity index (χ0n) is 25.0. The summed E-state index contributed by atoms with van der Waals surface area (Å²) in [5, 5.41) is 26.5. The number of methoxy groups -OCH3 is 1. The Kier molecular flexibility index (Phi) is 9.71. The Bertz CT molecular complexity index is 1720. The average Bonchev–Trinajstić information content (AvgIpc) is 3.44. The first-order valence-electron chi connectivity index (χ1n) is 13.1. The van der Waals surface area contributed by atoms with Gasteiger partial charge in [-0.2, -0.15) is 15.1 Å². The van der Waals surface area contributed by atoms with Crippen LogP contribution in [0.25, 0.3) is 11.2 Å². The van der Waals surface area contributed by atoms with Gasteiger partial charge in [0.25, 0.3) is 0 Å². The van der Waals surface area contributed by atoms with E-state index in [1.54, 1.807) is 0 Å². The minimum Gasteiger partial charge on any atom is -0.468 e. The Labute approximate surface area is 263 Å². The van der Waals surface area contributed by atoms with E-state index < -0.39 is 59.9 Å². The summed E-state index contributed by atoms with van der Waals surface area (Å²) in [4.78, 5) is 27.1. The number of nitrogens with zero attached hydrogens (tertiary/aromatic N) is 5. The summed E-state index contributed by atoms with van der Waals surface area (Å²) >= 11 is 5.94. The molecule has 0 bridgehead atoms. The fourth-order valence-electron chi connectivity index (χ4n) is 4.52. The molecule has 0 radical (unpaired) electrons. The van der Waals surface area contributed by atoms with Crippen molar-refractivity contribution in [3.05, 3.63) is 35.6 Å². The number of aliphatic hydroxyl groups excluding tert-OH is 1. The van der Waals surface area contributed by atoms with Crippen molar-refractivity contribution in [2.24, 2.45) is 0 Å². The zero-order chi connectivity index (χ0) is 33.5. The number of anilines is 2. The molecule has 0 spiro atoms. The highest BCUT2D eigenvalue weighted by Crippen LogP contribution is 2.48. The largest absolute Gasteiger partial charge is 0.468 e. The third-order valence-corrected chi connectivity index (χ3v) is 9.24. The lowest BCUT2D eigenvalue weighted by Crippen LogP contribution is -2.47. The Morgan fingerprint density at radius 2 is 1.96 bits per heavy atom. The molecule has 0 saturated carbocycles. The first kappa shape index (κ1) is 34.7. The molecule has 3 aromatic rings. The van der Waals surface area contributed by atoms with Crippen LogP contribution in [0.15, 0.2) is 30.6 Å². The first-order valence-corrected chi connectivity index (χ1v) is 16.9. The number of hydrazine groups is 1. The van der Waals surface area contributed by atoms with Crippen molar-refractivity contribution < 1.29 is 46.5 Å². The minimum absolute atomic E-state index is 0.000622. The van der Waals surface area contributed by atoms with Crippen molar-refractivity contribution in [2.45, 2.75) is 50.3 Å². The molecule has 4 rings (SSSR count). The first-order chi connectivity index (χ1) is 20.8. The van der Waals surface area contributed by atoms with Crippen LogP contribution >= 0.6 is 19.3 Å². The van der Waals surface area contributed by atoms with Crippen LogP contribution in [0.1, 0.15) is 27.0 Å². The lowest BCUT2D eigenvalue weighted by Gasteiger charge is -2.29. The van der Waals surface area contributed by atoms with Gasteiger partial charge in [0.2, 0.25) is 16.0 Å². The molecule has 1 saturated heterocycles. The second kappa shape index (κ2) is 12.6. The Hall–Kier alpha value is -3.13. The molecular weight excluding hydrogens is 659 g/mol. The molecule has 45 heavy (non-hydrogen) atoms. The van der Waals surface area contributed by atoms with Crippen molar-refractivity contribution >= 4 is 58.3 Å². The number of sulfonamides is 1. The van der Waals surface area contributed by atoms with Gasteiger partial charge in [-0.1, -0.05) is 11.6 Å². The summed E-state index contributed by atoms with van der Waals surface area (Å²) in [6, 6.07) is 5.85. The number of nitrogens with one attached hydrogen (secondary N) is 2. The van der Waals surface area contributed by atoms with Crippen LogP contribution in [-0.2, 0) is 33.4 Å². The number of nitrogens with two attached hydrogens (primary N) is 1. The van der Waals surface area contributed by atoms with Gasteiger partial charge in [0.1, 0.15) is 29.1 Å². The van der Waals surface area contributed by atoms with Crippen molar-refractivity contribution in [3.8, 4) is 5.75 Å². The summed E-state index contributed by atoms with van der Waals surface area (Å²) in [6.45, 7) is 3.49. The second-order valence-corrected chi connectivity index (χ2v) is 14.7. The molecule has 6 N–H and O–H groups in total. The van der Waals surface area contributed by atoms with Crippen molar-refractivity contribution in [3.63, 3.8) is 0 Å². The van der Waals surface area contributed by atoms with E-state index in [1.807, 2.05) is 0 Å². The van der Waals surface area contributed by atoms with Gasteiger partial charge >= 0.3 is 13.7 Å². The molecule has 2 aromatic heterocycles. The molecule has 21 heteroatoms. The van der Waals surface area contributed by atoms with E-state index in [1.165, 1.54) is 63.0 Å². The van der Waals surface area contributed by atoms with Crippen LogP contribution in [0.5, 0.6) is 5.75 Å². The summed E-state index contributed by atoms with van der Waals surface area (Å²) in [5.41, 5.74) is 2.47. The molecule has 3 heterocycles. The minimum atomic E-state index is -4.41. The van der Waals surface area contributed by atoms with Gasteiger partial charge in [0.05, 0.1) is 26.3 Å². The number of hydrogen-bond acceptors (Lipinski definition) is 15. The highest BCUT2D eigenvalue weighted by atomic mass is 35.5. The fourth-order valence-corrected chi connectivity index (χ4v) is 6.91. The number of nitrogen functional groups attached to an aromatic ring is 1. The Morgan fingerprint density at radius 3 is 2.56 bits per heavy atom. The van der Waals surface area contributed by atoms with E-state index in [0.717, 1.165) is 18.4 Å². The second-order valence-electron chi connectivity index (χ2n) is 10.9. The number of halogens is 1. The van der Waals surface area contributed by atoms with Gasteiger partial charge in [-0.15, -0.1) is 4.83 Å². The molecule has 248 valence electrons. The van der Waals surface area contributed by atoms with Gasteiger partial charge < -0.3 is 29.9 Å². The molecule has 0 aliphatic carbocycles. The molecule has 18 nitrogen and oxygen atoms in total. The molecule has 0 amide bonds. The lowest BCUT2D eigenvalue weighted by molar-refractivity contribution is -0.146. The van der Waals surface area contributed by atoms with Crippen LogP contribution in [0.2, 0.25) is 5.02 Å². The predicted molar refractivity (Wildman–Crippen MR) is 162 cm³/mol. The smallest absolute Gasteiger partial charge is 0.459 e. The number of hydrogen-bond donors (Lipinski definition) is 5. The van der Waals surface area contributed by atoms with E-state index in [0.29, 0.717) is 5.02 Å². The maximum atomic E-state index is 14.0. The number of fused-ring (bicyclic) bond motifs is 1. The van der Waals surface area contributed by atoms with Crippen LogP contribution < -0.4 is 25.2 Å². The average molecular weight is 693 g/mol. The van der Waals surface area contributed by atoms with Crippen molar-refractivity contribution in [1.82, 2.24) is 29.4 Å². The number of esters is 1. The SMILES string of the molecule is COC(=O)C(C)(C)NP(=O)(OC[C@H]1O[C@@H](n2cnc3c(N(C)NS(C)(=O)=O)nc(N)nc32)[C@](C)(O)[C@@H]1O)Oc1ccc(Cl)cc1. The standard InChI is InChI=1S/C24H34ClN8O10PS/c1-23(2,21(35)40-5)30-44(37,43-14-9-7-13(25)8-10-14)41-11-15-17(34)24(3,36)20(42-15)33-12-27-16-18(28-22(26)29-19(16)33)32(4)31-45(6,38)39/h7-10,12,15,17,20,31,34,36H,11H2,1-6H3,(H,30,37)(H2,26,28,29)/t15-,17-,20-,24-,44?/m1/s1. The molecule has 1 fully saturated rings. The lowest BCUT2D eigenvalue weighted by atomic mass is 9.96. The molecule has 5 atom stereocenters. The number of imidazole rings is 1. The third-order valence-electron chi connectivity index (χ3n) is 6.61. The number of carbonyl (C=O) groups excluding carboxylic acids is 1. The van der Waals surface area contributed by atoms with E-state index in [2.05, 4.69) is 24.9 Å². The van der Waals surface area contributed by atoms with Crippen LogP contribution in [0.4, 0.5) is 11.8 Å². The van der Waals surface area contributed by atoms with E-state index in [9.17, 15) is 28.0 Å². The van der Waals surface area contributed by atoms with Gasteiger partial charge in [-0.05, 0) is 45.0 Å². The molecular formula is C24H34ClN8O10PS. The maximum absolute atomic E-state index is 14.0. The number of rotatable bonds is 12. The highest BCUT2D eigenvalue weighted by Gasteiger charge is 2.54. The Morgan fingerprint density at radius 1 is 1.31 bits per heavy atom. The summed E-state index contributed by atoms with van der Waals surface area (Å²) in [7, 11) is -5.57. The molecule has 1 aromatic carbocycles. The quantitative estimate of drug-likeness (QED) is 0.0997. The van der Waals surface area contributed by atoms with Gasteiger partial charge in [-0.3, -0.25) is 18.9 Å². The van der Waals surface area contributed by atoms with E-state index in [4.69, 9.17) is 35.9 Å². The number of ether oxygens (including phenoxy) is 2.